The highest BCUT2D eigenvalue weighted by Gasteiger charge is 2.33. The quantitative estimate of drug-likeness (QED) is 0.874. The van der Waals surface area contributed by atoms with Crippen molar-refractivity contribution in [3.63, 3.8) is 0 Å². The van der Waals surface area contributed by atoms with Gasteiger partial charge < -0.3 is 15.2 Å². The minimum atomic E-state index is -0.593. The molecule has 0 heterocycles. The first kappa shape index (κ1) is 14.9. The minimum Gasteiger partial charge on any atom is -0.444 e. The van der Waals surface area contributed by atoms with Crippen LogP contribution in [0, 0.1) is 0 Å². The summed E-state index contributed by atoms with van der Waals surface area (Å²) in [4.78, 5) is 11.9. The third-order valence-electron chi connectivity index (χ3n) is 3.44. The van der Waals surface area contributed by atoms with E-state index in [-0.39, 0.29) is 6.04 Å². The van der Waals surface area contributed by atoms with Crippen LogP contribution in [0.25, 0.3) is 0 Å². The summed E-state index contributed by atoms with van der Waals surface area (Å²) in [6.45, 7) is 7.55. The molecule has 1 amide bonds. The highest BCUT2D eigenvalue weighted by molar-refractivity contribution is 5.69. The molecule has 110 valence electrons. The Labute approximate surface area is 120 Å². The molecule has 4 nitrogen and oxygen atoms in total. The Hall–Kier alpha value is -1.55. The van der Waals surface area contributed by atoms with Gasteiger partial charge in [-0.15, -0.1) is 0 Å². The van der Waals surface area contributed by atoms with Crippen LogP contribution in [0.3, 0.4) is 0 Å². The van der Waals surface area contributed by atoms with E-state index in [0.29, 0.717) is 6.42 Å². The highest BCUT2D eigenvalue weighted by Crippen LogP contribution is 2.32. The van der Waals surface area contributed by atoms with Crippen molar-refractivity contribution in [3.05, 3.63) is 34.9 Å². The van der Waals surface area contributed by atoms with Crippen molar-refractivity contribution >= 4 is 6.09 Å². The molecule has 0 spiro atoms. The number of nitrogens with one attached hydrogen (secondary N) is 1. The van der Waals surface area contributed by atoms with E-state index < -0.39 is 17.8 Å². The number of rotatable bonds is 2. The maximum Gasteiger partial charge on any atom is 0.408 e. The number of aryl methyl sites for hydroxylation is 1. The average molecular weight is 277 g/mol. The first-order chi connectivity index (χ1) is 9.30. The maximum atomic E-state index is 11.9. The average Bonchev–Trinajstić information content (AvgIpc) is 2.63. The number of hydrogen-bond acceptors (Lipinski definition) is 3. The number of carbonyl (C=O) groups is 1. The van der Waals surface area contributed by atoms with Gasteiger partial charge in [0, 0.05) is 6.42 Å². The molecule has 0 saturated carbocycles. The lowest BCUT2D eigenvalue weighted by molar-refractivity contribution is 0.0438. The topological polar surface area (TPSA) is 58.6 Å². The van der Waals surface area contributed by atoms with Crippen molar-refractivity contribution in [2.45, 2.75) is 58.3 Å². The van der Waals surface area contributed by atoms with Gasteiger partial charge in [0.25, 0.3) is 0 Å². The first-order valence-corrected chi connectivity index (χ1v) is 7.09. The standard InChI is InChI=1S/C16H23NO3/c1-5-10-6-7-11-9-13(18)14(12(11)8-10)17-15(19)20-16(2,3)4/h6-8,13-14,18H,5,9H2,1-4H3,(H,17,19). The fourth-order valence-corrected chi connectivity index (χ4v) is 2.50. The van der Waals surface area contributed by atoms with Gasteiger partial charge in [0.2, 0.25) is 0 Å². The number of hydrogen-bond donors (Lipinski definition) is 2. The second-order valence-electron chi connectivity index (χ2n) is 6.28. The second-order valence-corrected chi connectivity index (χ2v) is 6.28. The number of fused-ring (bicyclic) bond motifs is 1. The molecule has 0 saturated heterocycles. The predicted molar refractivity (Wildman–Crippen MR) is 77.6 cm³/mol. The number of alkyl carbamates (subject to hydrolysis) is 1. The normalized spacial score (nSPS) is 21.4. The lowest BCUT2D eigenvalue weighted by atomic mass is 10.0. The van der Waals surface area contributed by atoms with Crippen LogP contribution in [0.1, 0.15) is 50.4 Å². The van der Waals surface area contributed by atoms with Gasteiger partial charge in [0.05, 0.1) is 12.1 Å². The summed E-state index contributed by atoms with van der Waals surface area (Å²) in [5, 5.41) is 12.9. The Balaban J connectivity index is 2.16. The number of carbonyl (C=O) groups excluding carboxylic acids is 1. The zero-order chi connectivity index (χ0) is 14.9. The van der Waals surface area contributed by atoms with Gasteiger partial charge in [-0.05, 0) is 43.9 Å². The molecule has 1 aromatic carbocycles. The summed E-state index contributed by atoms with van der Waals surface area (Å²) in [6.07, 6.45) is 0.420. The second kappa shape index (κ2) is 5.44. The summed E-state index contributed by atoms with van der Waals surface area (Å²) >= 11 is 0. The first-order valence-electron chi connectivity index (χ1n) is 7.09. The molecule has 2 N–H and O–H groups in total. The Morgan fingerprint density at radius 1 is 1.45 bits per heavy atom. The van der Waals surface area contributed by atoms with Crippen molar-refractivity contribution < 1.29 is 14.6 Å². The van der Waals surface area contributed by atoms with Crippen molar-refractivity contribution in [2.75, 3.05) is 0 Å². The largest absolute Gasteiger partial charge is 0.444 e. The van der Waals surface area contributed by atoms with Crippen molar-refractivity contribution in [2.24, 2.45) is 0 Å². The fourth-order valence-electron chi connectivity index (χ4n) is 2.50. The molecule has 2 rings (SSSR count). The smallest absolute Gasteiger partial charge is 0.408 e. The summed E-state index contributed by atoms with van der Waals surface area (Å²) in [6, 6.07) is 5.79. The molecule has 1 aromatic rings. The zero-order valence-corrected chi connectivity index (χ0v) is 12.6. The molecule has 2 atom stereocenters. The van der Waals surface area contributed by atoms with E-state index in [0.717, 1.165) is 17.5 Å². The Bertz CT molecular complexity index is 505. The van der Waals surface area contributed by atoms with Gasteiger partial charge >= 0.3 is 6.09 Å². The van der Waals surface area contributed by atoms with E-state index in [1.807, 2.05) is 26.8 Å². The van der Waals surface area contributed by atoms with Gasteiger partial charge in [-0.3, -0.25) is 0 Å². The van der Waals surface area contributed by atoms with Gasteiger partial charge in [-0.25, -0.2) is 4.79 Å². The van der Waals surface area contributed by atoms with Crippen LogP contribution < -0.4 is 5.32 Å². The molecule has 20 heavy (non-hydrogen) atoms. The molecule has 0 radical (unpaired) electrons. The molecule has 0 fully saturated rings. The van der Waals surface area contributed by atoms with Crippen molar-refractivity contribution in [1.82, 2.24) is 5.32 Å². The molecule has 1 aliphatic rings. The molecule has 1 aliphatic carbocycles. The van der Waals surface area contributed by atoms with Crippen LogP contribution >= 0.6 is 0 Å². The van der Waals surface area contributed by atoms with Crippen LogP contribution in [0.2, 0.25) is 0 Å². The Kier molecular flexibility index (Phi) is 4.04. The summed E-state index contributed by atoms with van der Waals surface area (Å²) < 4.78 is 5.26. The summed E-state index contributed by atoms with van der Waals surface area (Å²) in [7, 11) is 0. The van der Waals surface area contributed by atoms with Crippen molar-refractivity contribution in [1.29, 1.82) is 0 Å². The summed E-state index contributed by atoms with van der Waals surface area (Å²) in [5.41, 5.74) is 2.76. The lowest BCUT2D eigenvalue weighted by Crippen LogP contribution is -2.38. The van der Waals surface area contributed by atoms with Gasteiger partial charge in [0.15, 0.2) is 0 Å². The monoisotopic (exact) mass is 277 g/mol. The summed E-state index contributed by atoms with van der Waals surface area (Å²) in [5.74, 6) is 0. The molecule has 0 bridgehead atoms. The van der Waals surface area contributed by atoms with Crippen LogP contribution in [-0.4, -0.2) is 22.9 Å². The van der Waals surface area contributed by atoms with Crippen molar-refractivity contribution in [3.8, 4) is 0 Å². The third-order valence-corrected chi connectivity index (χ3v) is 3.44. The van der Waals surface area contributed by atoms with Crippen LogP contribution in [0.5, 0.6) is 0 Å². The van der Waals surface area contributed by atoms with E-state index in [1.54, 1.807) is 0 Å². The SMILES string of the molecule is CCc1ccc2c(c1)C(NC(=O)OC(C)(C)C)C(O)C2. The number of amides is 1. The van der Waals surface area contributed by atoms with Crippen LogP contribution in [0.4, 0.5) is 4.79 Å². The van der Waals surface area contributed by atoms with E-state index >= 15 is 0 Å². The molecule has 4 heteroatoms. The molecule has 2 unspecified atom stereocenters. The fraction of sp³-hybridized carbons (Fsp3) is 0.562. The zero-order valence-electron chi connectivity index (χ0n) is 12.6. The number of ether oxygens (including phenoxy) is 1. The Morgan fingerprint density at radius 2 is 2.15 bits per heavy atom. The van der Waals surface area contributed by atoms with Gasteiger partial charge in [-0.1, -0.05) is 25.1 Å². The predicted octanol–water partition coefficient (Wildman–Crippen LogP) is 2.73. The Morgan fingerprint density at radius 3 is 2.75 bits per heavy atom. The number of aliphatic hydroxyl groups is 1. The van der Waals surface area contributed by atoms with Crippen LogP contribution in [0.15, 0.2) is 18.2 Å². The van der Waals surface area contributed by atoms with Crippen LogP contribution in [-0.2, 0) is 17.6 Å². The van der Waals surface area contributed by atoms with E-state index in [9.17, 15) is 9.90 Å². The van der Waals surface area contributed by atoms with Gasteiger partial charge in [0.1, 0.15) is 5.60 Å². The molecule has 0 aliphatic heterocycles. The van der Waals surface area contributed by atoms with E-state index in [2.05, 4.69) is 24.4 Å². The molecular weight excluding hydrogens is 254 g/mol. The number of benzene rings is 1. The third kappa shape index (κ3) is 3.31. The molecule has 0 aromatic heterocycles. The van der Waals surface area contributed by atoms with Gasteiger partial charge in [-0.2, -0.15) is 0 Å². The number of aliphatic hydroxyl groups excluding tert-OH is 1. The van der Waals surface area contributed by atoms with E-state index in [4.69, 9.17) is 4.74 Å². The minimum absolute atomic E-state index is 0.383. The lowest BCUT2D eigenvalue weighted by Gasteiger charge is -2.23. The molecular formula is C16H23NO3. The highest BCUT2D eigenvalue weighted by atomic mass is 16.6. The van der Waals surface area contributed by atoms with E-state index in [1.165, 1.54) is 5.56 Å². The maximum absolute atomic E-state index is 11.9.